The zero-order valence-corrected chi connectivity index (χ0v) is 23.3. The van der Waals surface area contributed by atoms with Crippen molar-refractivity contribution in [3.8, 4) is 0 Å². The van der Waals surface area contributed by atoms with Crippen LogP contribution in [0.2, 0.25) is 0 Å². The fourth-order valence-corrected chi connectivity index (χ4v) is 5.81. The van der Waals surface area contributed by atoms with Gasteiger partial charge in [-0.25, -0.2) is 28.9 Å². The van der Waals surface area contributed by atoms with Crippen LogP contribution in [0, 0.1) is 0 Å². The quantitative estimate of drug-likeness (QED) is 0.0996. The summed E-state index contributed by atoms with van der Waals surface area (Å²) in [5, 5.41) is 31.9. The molecule has 0 saturated carbocycles. The molecule has 24 heteroatoms. The van der Waals surface area contributed by atoms with Gasteiger partial charge >= 0.3 is 21.3 Å². The molecule has 2 aliphatic heterocycles. The highest BCUT2D eigenvalue weighted by atomic mass is 31.2. The molecular weight excluding hydrogens is 626 g/mol. The zero-order valence-electron chi connectivity index (χ0n) is 21.5. The Morgan fingerprint density at radius 2 is 1.58 bits per heavy atom. The Balaban J connectivity index is 1.29. The zero-order chi connectivity index (χ0) is 31.3. The number of hydrogen-bond acceptors (Lipinski definition) is 17. The molecule has 3 aromatic rings. The highest BCUT2D eigenvalue weighted by Crippen LogP contribution is 2.50. The average Bonchev–Trinajstić information content (AvgIpc) is 3.57. The number of nitrogens with two attached hydrogens (primary N) is 2. The Hall–Kier alpha value is -2.95. The van der Waals surface area contributed by atoms with Crippen molar-refractivity contribution in [2.75, 3.05) is 24.7 Å². The summed E-state index contributed by atoms with van der Waals surface area (Å²) in [6.45, 7) is -1.78. The second-order valence-corrected chi connectivity index (χ2v) is 12.0. The van der Waals surface area contributed by atoms with Gasteiger partial charge in [-0.3, -0.25) is 22.7 Å². The number of ether oxygens (including phenoxy) is 2. The predicted molar refractivity (Wildman–Crippen MR) is 137 cm³/mol. The minimum atomic E-state index is -5.18. The molecule has 9 atom stereocenters. The van der Waals surface area contributed by atoms with Crippen LogP contribution in [0.3, 0.4) is 0 Å². The molecule has 1 unspecified atom stereocenters. The minimum absolute atomic E-state index is 0.0531. The number of anilines is 2. The predicted octanol–water partition coefficient (Wildman–Crippen LogP) is -3.26. The third-order valence-electron chi connectivity index (χ3n) is 6.50. The van der Waals surface area contributed by atoms with Crippen molar-refractivity contribution in [1.29, 1.82) is 0 Å². The van der Waals surface area contributed by atoms with Gasteiger partial charge in [-0.2, -0.15) is 4.98 Å². The molecule has 5 heterocycles. The second kappa shape index (κ2) is 11.9. The fraction of sp³-hybridized carbons (Fsp3) is 0.526. The molecule has 2 aliphatic rings. The van der Waals surface area contributed by atoms with Gasteiger partial charge in [0.1, 0.15) is 54.3 Å². The molecular formula is C19H26N8O14P2. The van der Waals surface area contributed by atoms with Gasteiger partial charge in [0, 0.05) is 6.20 Å². The minimum Gasteiger partial charge on any atom is -0.387 e. The molecule has 0 aromatic carbocycles. The van der Waals surface area contributed by atoms with E-state index in [-0.39, 0.29) is 22.8 Å². The van der Waals surface area contributed by atoms with Gasteiger partial charge in [0.25, 0.3) is 0 Å². The summed E-state index contributed by atoms with van der Waals surface area (Å²) in [4.78, 5) is 56.2. The maximum absolute atomic E-state index is 12.9. The first-order valence-electron chi connectivity index (χ1n) is 12.1. The first-order valence-corrected chi connectivity index (χ1v) is 15.2. The van der Waals surface area contributed by atoms with E-state index in [0.29, 0.717) is 0 Å². The number of aliphatic hydroxyl groups is 3. The van der Waals surface area contributed by atoms with E-state index < -0.39 is 83.6 Å². The largest absolute Gasteiger partial charge is 0.472 e. The maximum atomic E-state index is 12.9. The summed E-state index contributed by atoms with van der Waals surface area (Å²) in [7, 11) is -10.3. The molecule has 0 bridgehead atoms. The first-order chi connectivity index (χ1) is 20.1. The van der Waals surface area contributed by atoms with Crippen molar-refractivity contribution in [2.24, 2.45) is 0 Å². The summed E-state index contributed by atoms with van der Waals surface area (Å²) in [5.74, 6) is -0.101. The van der Waals surface area contributed by atoms with E-state index in [4.69, 9.17) is 39.8 Å². The molecule has 0 aliphatic carbocycles. The van der Waals surface area contributed by atoms with Gasteiger partial charge < -0.3 is 50.9 Å². The molecule has 0 spiro atoms. The number of rotatable bonds is 10. The number of nitrogens with zero attached hydrogens (tertiary/aromatic N) is 6. The Kier molecular flexibility index (Phi) is 8.68. The third kappa shape index (κ3) is 6.61. The summed E-state index contributed by atoms with van der Waals surface area (Å²) >= 11 is 0. The van der Waals surface area contributed by atoms with Gasteiger partial charge in [0.2, 0.25) is 0 Å². The summed E-state index contributed by atoms with van der Waals surface area (Å²) < 4.78 is 51.7. The molecule has 0 radical (unpaired) electrons. The topological polar surface area (TPSA) is 332 Å². The Bertz CT molecular complexity index is 1630. The van der Waals surface area contributed by atoms with E-state index in [1.54, 1.807) is 0 Å². The SMILES string of the molecule is Nc1ccn([C@@H]2O[C@H](COP(=O)(O)O)[C@@H](OP(=O)(O)OC[C@H]3O[C@@H](n4cnc5c(N)ncnc54)[C@H](O)[C@@H]3O)[C@H]2O)c(=O)n1. The third-order valence-corrected chi connectivity index (χ3v) is 7.97. The molecule has 2 fully saturated rings. The molecule has 22 nitrogen and oxygen atoms in total. The lowest BCUT2D eigenvalue weighted by atomic mass is 10.1. The van der Waals surface area contributed by atoms with E-state index in [2.05, 4.69) is 24.5 Å². The monoisotopic (exact) mass is 652 g/mol. The standard InChI is InChI=1S/C19H26N8O14P2/c20-9-1-2-26(19(31)25-9)18-13(30)14(8(40-18)4-37-42(32,33)34)41-43(35,36)38-3-7-11(28)12(29)17(39-7)27-6-24-10-15(21)22-5-23-16(10)27/h1-2,5-8,11-14,17-18,28-30H,3-4H2,(H,35,36)(H2,20,25,31)(H2,21,22,23)(H2,32,33,34)/t7-,8-,11-,12-,13-,14-,17-,18-/m1/s1. The van der Waals surface area contributed by atoms with E-state index >= 15 is 0 Å². The average molecular weight is 652 g/mol. The van der Waals surface area contributed by atoms with Crippen LogP contribution >= 0.6 is 15.6 Å². The number of aliphatic hydroxyl groups excluding tert-OH is 3. The van der Waals surface area contributed by atoms with Crippen molar-refractivity contribution in [3.05, 3.63) is 35.4 Å². The lowest BCUT2D eigenvalue weighted by Crippen LogP contribution is -2.38. The van der Waals surface area contributed by atoms with E-state index in [9.17, 15) is 34.1 Å². The van der Waals surface area contributed by atoms with Crippen molar-refractivity contribution in [3.63, 3.8) is 0 Å². The molecule has 43 heavy (non-hydrogen) atoms. The number of hydrogen-bond donors (Lipinski definition) is 8. The highest BCUT2D eigenvalue weighted by Gasteiger charge is 2.51. The second-order valence-electron chi connectivity index (χ2n) is 9.35. The van der Waals surface area contributed by atoms with Crippen molar-refractivity contribution in [2.45, 2.75) is 49.1 Å². The van der Waals surface area contributed by atoms with Gasteiger partial charge in [0.15, 0.2) is 23.9 Å². The van der Waals surface area contributed by atoms with Crippen molar-refractivity contribution < 1.29 is 62.2 Å². The van der Waals surface area contributed by atoms with Crippen LogP contribution in [0.15, 0.2) is 29.7 Å². The lowest BCUT2D eigenvalue weighted by Gasteiger charge is -2.24. The molecule has 5 rings (SSSR count). The van der Waals surface area contributed by atoms with E-state index in [0.717, 1.165) is 17.1 Å². The summed E-state index contributed by atoms with van der Waals surface area (Å²) in [5.41, 5.74) is 10.6. The Labute approximate surface area is 239 Å². The molecule has 3 aromatic heterocycles. The maximum Gasteiger partial charge on any atom is 0.472 e. The number of phosphoric ester groups is 2. The van der Waals surface area contributed by atoms with Crippen LogP contribution in [0.1, 0.15) is 12.5 Å². The van der Waals surface area contributed by atoms with Gasteiger partial charge in [-0.15, -0.1) is 0 Å². The summed E-state index contributed by atoms with van der Waals surface area (Å²) in [6.07, 6.45) is -9.39. The van der Waals surface area contributed by atoms with Crippen LogP contribution in [-0.4, -0.2) is 109 Å². The van der Waals surface area contributed by atoms with Gasteiger partial charge in [-0.1, -0.05) is 0 Å². The van der Waals surface area contributed by atoms with Crippen molar-refractivity contribution >= 4 is 38.4 Å². The van der Waals surface area contributed by atoms with Crippen LogP contribution in [0.4, 0.5) is 11.6 Å². The lowest BCUT2D eigenvalue weighted by molar-refractivity contribution is -0.0589. The molecule has 0 amide bonds. The van der Waals surface area contributed by atoms with E-state index in [1.165, 1.54) is 17.0 Å². The fourth-order valence-electron chi connectivity index (χ4n) is 4.51. The van der Waals surface area contributed by atoms with Crippen molar-refractivity contribution in [1.82, 2.24) is 29.1 Å². The smallest absolute Gasteiger partial charge is 0.387 e. The normalized spacial score (nSPS) is 31.0. The van der Waals surface area contributed by atoms with Crippen LogP contribution in [-0.2, 0) is 32.2 Å². The molecule has 236 valence electrons. The Morgan fingerprint density at radius 3 is 2.28 bits per heavy atom. The van der Waals surface area contributed by atoms with Gasteiger partial charge in [-0.05, 0) is 6.07 Å². The number of aromatic nitrogens is 6. The number of phosphoric acid groups is 2. The Morgan fingerprint density at radius 1 is 0.907 bits per heavy atom. The molecule has 10 N–H and O–H groups in total. The van der Waals surface area contributed by atoms with Crippen LogP contribution < -0.4 is 17.2 Å². The van der Waals surface area contributed by atoms with E-state index in [1.807, 2.05) is 0 Å². The van der Waals surface area contributed by atoms with Gasteiger partial charge in [0.05, 0.1) is 19.5 Å². The van der Waals surface area contributed by atoms with Crippen LogP contribution in [0.25, 0.3) is 11.2 Å². The first kappa shape index (κ1) is 31.5. The number of fused-ring (bicyclic) bond motifs is 1. The van der Waals surface area contributed by atoms with Crippen LogP contribution in [0.5, 0.6) is 0 Å². The molecule has 2 saturated heterocycles. The number of nitrogen functional groups attached to an aromatic ring is 2. The highest BCUT2D eigenvalue weighted by molar-refractivity contribution is 7.47. The summed E-state index contributed by atoms with van der Waals surface area (Å²) in [6, 6.07) is 1.19. The number of imidazole rings is 1.